The van der Waals surface area contributed by atoms with E-state index < -0.39 is 0 Å². The summed E-state index contributed by atoms with van der Waals surface area (Å²) in [6, 6.07) is 11.1. The Morgan fingerprint density at radius 1 is 1.26 bits per heavy atom. The molecule has 0 bridgehead atoms. The van der Waals surface area contributed by atoms with Gasteiger partial charge in [0.05, 0.1) is 0 Å². The van der Waals surface area contributed by atoms with Gasteiger partial charge in [-0.2, -0.15) is 5.10 Å². The van der Waals surface area contributed by atoms with E-state index in [1.807, 2.05) is 0 Å². The molecule has 0 aliphatic rings. The van der Waals surface area contributed by atoms with Crippen LogP contribution in [0.25, 0.3) is 0 Å². The second-order valence-electron chi connectivity index (χ2n) is 4.74. The molecular weight excluding hydrogens is 236 g/mol. The van der Waals surface area contributed by atoms with Gasteiger partial charge in [-0.25, -0.2) is 4.98 Å². The summed E-state index contributed by atoms with van der Waals surface area (Å²) in [5.74, 6) is 0.966. The highest BCUT2D eigenvalue weighted by molar-refractivity contribution is 5.18. The zero-order chi connectivity index (χ0) is 13.3. The summed E-state index contributed by atoms with van der Waals surface area (Å²) in [4.78, 5) is 4.13. The molecule has 0 radical (unpaired) electrons. The van der Waals surface area contributed by atoms with Crippen LogP contribution in [0.2, 0.25) is 0 Å². The molecule has 0 amide bonds. The monoisotopic (exact) mass is 258 g/mol. The first-order chi connectivity index (χ1) is 9.40. The van der Waals surface area contributed by atoms with Crippen LogP contribution in [0.4, 0.5) is 0 Å². The van der Waals surface area contributed by atoms with Crippen LogP contribution in [0.3, 0.4) is 0 Å². The lowest BCUT2D eigenvalue weighted by Gasteiger charge is -2.18. The maximum Gasteiger partial charge on any atom is 0.137 e. The molecular formula is C15H22N4. The zero-order valence-corrected chi connectivity index (χ0v) is 11.5. The van der Waals surface area contributed by atoms with Crippen molar-refractivity contribution in [3.8, 4) is 0 Å². The standard InChI is InChI=1S/C15H22N4/c1-2-7-14(13-8-4-3-5-9-13)16-11-6-10-15-17-12-18-19-15/h3-5,8-9,12,14,16H,2,6-7,10-11H2,1H3,(H,17,18,19). The van der Waals surface area contributed by atoms with E-state index in [4.69, 9.17) is 0 Å². The Morgan fingerprint density at radius 2 is 2.11 bits per heavy atom. The quantitative estimate of drug-likeness (QED) is 0.716. The van der Waals surface area contributed by atoms with Crippen LogP contribution < -0.4 is 5.32 Å². The fourth-order valence-electron chi connectivity index (χ4n) is 2.24. The van der Waals surface area contributed by atoms with Gasteiger partial charge in [0.15, 0.2) is 0 Å². The first-order valence-corrected chi connectivity index (χ1v) is 7.02. The van der Waals surface area contributed by atoms with Gasteiger partial charge < -0.3 is 5.32 Å². The lowest BCUT2D eigenvalue weighted by atomic mass is 10.0. The predicted octanol–water partition coefficient (Wildman–Crippen LogP) is 2.87. The fourth-order valence-corrected chi connectivity index (χ4v) is 2.24. The van der Waals surface area contributed by atoms with E-state index in [1.54, 1.807) is 6.33 Å². The second-order valence-corrected chi connectivity index (χ2v) is 4.74. The molecule has 0 aliphatic heterocycles. The Kier molecular flexibility index (Phi) is 5.56. The lowest BCUT2D eigenvalue weighted by Crippen LogP contribution is -2.22. The van der Waals surface area contributed by atoms with Crippen molar-refractivity contribution in [1.82, 2.24) is 20.5 Å². The summed E-state index contributed by atoms with van der Waals surface area (Å²) < 4.78 is 0. The van der Waals surface area contributed by atoms with E-state index in [2.05, 4.69) is 57.8 Å². The van der Waals surface area contributed by atoms with Gasteiger partial charge in [0.2, 0.25) is 0 Å². The van der Waals surface area contributed by atoms with Gasteiger partial charge in [-0.3, -0.25) is 5.10 Å². The van der Waals surface area contributed by atoms with E-state index in [1.165, 1.54) is 18.4 Å². The second kappa shape index (κ2) is 7.69. The first kappa shape index (κ1) is 13.7. The minimum absolute atomic E-state index is 0.459. The molecule has 1 aromatic carbocycles. The Balaban J connectivity index is 1.77. The third-order valence-corrected chi connectivity index (χ3v) is 3.23. The summed E-state index contributed by atoms with van der Waals surface area (Å²) in [5.41, 5.74) is 1.38. The highest BCUT2D eigenvalue weighted by Gasteiger charge is 2.08. The molecule has 4 nitrogen and oxygen atoms in total. The molecule has 0 saturated carbocycles. The molecule has 0 saturated heterocycles. The SMILES string of the molecule is CCCC(NCCCc1ncn[nH]1)c1ccccc1. The molecule has 0 fully saturated rings. The van der Waals surface area contributed by atoms with Crippen LogP contribution >= 0.6 is 0 Å². The molecule has 2 rings (SSSR count). The summed E-state index contributed by atoms with van der Waals surface area (Å²) >= 11 is 0. The smallest absolute Gasteiger partial charge is 0.137 e. The zero-order valence-electron chi connectivity index (χ0n) is 11.5. The Hall–Kier alpha value is -1.68. The molecule has 2 aromatic rings. The number of aromatic nitrogens is 3. The number of benzene rings is 1. The predicted molar refractivity (Wildman–Crippen MR) is 76.8 cm³/mol. The van der Waals surface area contributed by atoms with Crippen molar-refractivity contribution in [2.75, 3.05) is 6.54 Å². The fraction of sp³-hybridized carbons (Fsp3) is 0.467. The average molecular weight is 258 g/mol. The van der Waals surface area contributed by atoms with E-state index in [-0.39, 0.29) is 0 Å². The van der Waals surface area contributed by atoms with Crippen molar-refractivity contribution in [3.63, 3.8) is 0 Å². The third kappa shape index (κ3) is 4.48. The minimum atomic E-state index is 0.459. The highest BCUT2D eigenvalue weighted by atomic mass is 15.2. The number of rotatable bonds is 8. The van der Waals surface area contributed by atoms with E-state index in [9.17, 15) is 0 Å². The number of aryl methyl sites for hydroxylation is 1. The van der Waals surface area contributed by atoms with Crippen molar-refractivity contribution in [1.29, 1.82) is 0 Å². The number of H-pyrrole nitrogens is 1. The minimum Gasteiger partial charge on any atom is -0.310 e. The molecule has 0 aliphatic carbocycles. The van der Waals surface area contributed by atoms with Gasteiger partial charge >= 0.3 is 0 Å². The number of hydrogen-bond donors (Lipinski definition) is 2. The molecule has 19 heavy (non-hydrogen) atoms. The van der Waals surface area contributed by atoms with Crippen LogP contribution in [-0.4, -0.2) is 21.7 Å². The van der Waals surface area contributed by atoms with Crippen LogP contribution in [0.1, 0.15) is 43.6 Å². The summed E-state index contributed by atoms with van der Waals surface area (Å²) in [6.45, 7) is 3.23. The Bertz CT molecular complexity index is 438. The molecule has 4 heteroatoms. The van der Waals surface area contributed by atoms with Crippen LogP contribution in [0.15, 0.2) is 36.7 Å². The molecule has 1 unspecified atom stereocenters. The van der Waals surface area contributed by atoms with E-state index >= 15 is 0 Å². The van der Waals surface area contributed by atoms with Crippen molar-refractivity contribution in [3.05, 3.63) is 48.0 Å². The maximum absolute atomic E-state index is 4.13. The maximum atomic E-state index is 4.13. The van der Waals surface area contributed by atoms with Crippen LogP contribution in [0, 0.1) is 0 Å². The van der Waals surface area contributed by atoms with Crippen LogP contribution in [0.5, 0.6) is 0 Å². The molecule has 1 aromatic heterocycles. The number of nitrogens with one attached hydrogen (secondary N) is 2. The van der Waals surface area contributed by atoms with Crippen molar-refractivity contribution < 1.29 is 0 Å². The topological polar surface area (TPSA) is 53.6 Å². The third-order valence-electron chi connectivity index (χ3n) is 3.23. The van der Waals surface area contributed by atoms with Gasteiger partial charge in [0, 0.05) is 12.5 Å². The largest absolute Gasteiger partial charge is 0.310 e. The van der Waals surface area contributed by atoms with Crippen LogP contribution in [-0.2, 0) is 6.42 Å². The lowest BCUT2D eigenvalue weighted by molar-refractivity contribution is 0.486. The van der Waals surface area contributed by atoms with Crippen molar-refractivity contribution in [2.24, 2.45) is 0 Å². The molecule has 0 spiro atoms. The van der Waals surface area contributed by atoms with E-state index in [0.717, 1.165) is 25.2 Å². The van der Waals surface area contributed by atoms with Gasteiger partial charge in [0.1, 0.15) is 12.2 Å². The summed E-state index contributed by atoms with van der Waals surface area (Å²) in [6.07, 6.45) is 5.94. The van der Waals surface area contributed by atoms with E-state index in [0.29, 0.717) is 6.04 Å². The molecule has 1 atom stereocenters. The number of nitrogens with zero attached hydrogens (tertiary/aromatic N) is 2. The van der Waals surface area contributed by atoms with Crippen molar-refractivity contribution >= 4 is 0 Å². The average Bonchev–Trinajstić information content (AvgIpc) is 2.96. The molecule has 102 valence electrons. The summed E-state index contributed by atoms with van der Waals surface area (Å²) in [7, 11) is 0. The first-order valence-electron chi connectivity index (χ1n) is 7.02. The normalized spacial score (nSPS) is 12.5. The van der Waals surface area contributed by atoms with Gasteiger partial charge in [-0.1, -0.05) is 43.7 Å². The van der Waals surface area contributed by atoms with Gasteiger partial charge in [-0.15, -0.1) is 0 Å². The number of hydrogen-bond acceptors (Lipinski definition) is 3. The van der Waals surface area contributed by atoms with Gasteiger partial charge in [0.25, 0.3) is 0 Å². The van der Waals surface area contributed by atoms with Gasteiger partial charge in [-0.05, 0) is 24.9 Å². The highest BCUT2D eigenvalue weighted by Crippen LogP contribution is 2.17. The van der Waals surface area contributed by atoms with Crippen molar-refractivity contribution in [2.45, 2.75) is 38.6 Å². The Morgan fingerprint density at radius 3 is 2.79 bits per heavy atom. The summed E-state index contributed by atoms with van der Waals surface area (Å²) in [5, 5.41) is 10.4. The molecule has 1 heterocycles. The molecule has 2 N–H and O–H groups in total. The Labute approximate surface area is 114 Å². The number of aromatic amines is 1.